The number of rotatable bonds is 4. The Hall–Kier alpha value is -2.08. The van der Waals surface area contributed by atoms with E-state index >= 15 is 0 Å². The lowest BCUT2D eigenvalue weighted by Gasteiger charge is -2.13. The first-order valence-electron chi connectivity index (χ1n) is 5.95. The van der Waals surface area contributed by atoms with Crippen molar-refractivity contribution in [1.82, 2.24) is 0 Å². The maximum atomic E-state index is 11.9. The highest BCUT2D eigenvalue weighted by Crippen LogP contribution is 2.23. The van der Waals surface area contributed by atoms with Gasteiger partial charge in [0, 0.05) is 6.61 Å². The van der Waals surface area contributed by atoms with E-state index in [2.05, 4.69) is 5.32 Å². The standard InChI is InChI=1S/C13H15NO5/c1-18-8-4-5-10(9(7-8)13(16)17)14-12(15)11-3-2-6-19-11/h4-5,7,11H,2-3,6H2,1H3,(H,14,15)(H,16,17)/t11-/m1/s1. The normalized spacial score (nSPS) is 18.1. The van der Waals surface area contributed by atoms with E-state index in [1.807, 2.05) is 0 Å². The maximum absolute atomic E-state index is 11.9. The van der Waals surface area contributed by atoms with Gasteiger partial charge in [0.05, 0.1) is 18.4 Å². The predicted molar refractivity (Wildman–Crippen MR) is 67.6 cm³/mol. The summed E-state index contributed by atoms with van der Waals surface area (Å²) in [5.41, 5.74) is 0.236. The molecule has 2 rings (SSSR count). The van der Waals surface area contributed by atoms with Crippen LogP contribution in [-0.2, 0) is 9.53 Å². The van der Waals surface area contributed by atoms with E-state index in [4.69, 9.17) is 14.6 Å². The molecule has 6 nitrogen and oxygen atoms in total. The summed E-state index contributed by atoms with van der Waals surface area (Å²) in [6.45, 7) is 0.562. The highest BCUT2D eigenvalue weighted by atomic mass is 16.5. The number of ether oxygens (including phenoxy) is 2. The van der Waals surface area contributed by atoms with Crippen molar-refractivity contribution >= 4 is 17.6 Å². The number of anilines is 1. The number of nitrogens with one attached hydrogen (secondary N) is 1. The molecule has 102 valence electrons. The average Bonchev–Trinajstić information content (AvgIpc) is 2.92. The second kappa shape index (κ2) is 5.71. The molecule has 0 spiro atoms. The zero-order valence-corrected chi connectivity index (χ0v) is 10.5. The molecule has 1 aromatic rings. The van der Waals surface area contributed by atoms with Crippen LogP contribution < -0.4 is 10.1 Å². The van der Waals surface area contributed by atoms with E-state index in [0.717, 1.165) is 6.42 Å². The van der Waals surface area contributed by atoms with Crippen LogP contribution in [0.1, 0.15) is 23.2 Å². The Labute approximate surface area is 110 Å². The average molecular weight is 265 g/mol. The van der Waals surface area contributed by atoms with Crippen molar-refractivity contribution < 1.29 is 24.2 Å². The maximum Gasteiger partial charge on any atom is 0.337 e. The van der Waals surface area contributed by atoms with Gasteiger partial charge in [0.25, 0.3) is 5.91 Å². The Morgan fingerprint density at radius 3 is 2.84 bits per heavy atom. The second-order valence-electron chi connectivity index (χ2n) is 4.21. The Bertz CT molecular complexity index is 494. The summed E-state index contributed by atoms with van der Waals surface area (Å²) in [5, 5.41) is 11.7. The molecule has 1 saturated heterocycles. The van der Waals surface area contributed by atoms with Crippen molar-refractivity contribution in [1.29, 1.82) is 0 Å². The first-order valence-corrected chi connectivity index (χ1v) is 5.95. The smallest absolute Gasteiger partial charge is 0.337 e. The molecule has 1 aliphatic heterocycles. The van der Waals surface area contributed by atoms with E-state index in [-0.39, 0.29) is 17.2 Å². The predicted octanol–water partition coefficient (Wildman–Crippen LogP) is 1.51. The Morgan fingerprint density at radius 2 is 2.26 bits per heavy atom. The zero-order chi connectivity index (χ0) is 13.8. The monoisotopic (exact) mass is 265 g/mol. The van der Waals surface area contributed by atoms with Crippen LogP contribution in [0, 0.1) is 0 Å². The minimum Gasteiger partial charge on any atom is -0.497 e. The fourth-order valence-corrected chi connectivity index (χ4v) is 1.93. The molecule has 0 aromatic heterocycles. The van der Waals surface area contributed by atoms with E-state index in [1.54, 1.807) is 6.07 Å². The largest absolute Gasteiger partial charge is 0.497 e. The molecule has 1 atom stereocenters. The van der Waals surface area contributed by atoms with Gasteiger partial charge in [0.2, 0.25) is 0 Å². The molecule has 1 aromatic carbocycles. The molecular formula is C13H15NO5. The Morgan fingerprint density at radius 1 is 1.47 bits per heavy atom. The third-order valence-corrected chi connectivity index (χ3v) is 2.94. The molecule has 1 aliphatic rings. The summed E-state index contributed by atoms with van der Waals surface area (Å²) in [4.78, 5) is 23.0. The number of carboxylic acids is 1. The number of benzene rings is 1. The van der Waals surface area contributed by atoms with E-state index < -0.39 is 12.1 Å². The lowest BCUT2D eigenvalue weighted by Crippen LogP contribution is -2.27. The topological polar surface area (TPSA) is 84.9 Å². The summed E-state index contributed by atoms with van der Waals surface area (Å²) in [6, 6.07) is 4.47. The molecular weight excluding hydrogens is 250 g/mol. The lowest BCUT2D eigenvalue weighted by molar-refractivity contribution is -0.124. The van der Waals surface area contributed by atoms with Crippen LogP contribution in [-0.4, -0.2) is 36.8 Å². The van der Waals surface area contributed by atoms with Gasteiger partial charge in [-0.2, -0.15) is 0 Å². The number of hydrogen-bond acceptors (Lipinski definition) is 4. The van der Waals surface area contributed by atoms with Gasteiger partial charge in [-0.1, -0.05) is 0 Å². The van der Waals surface area contributed by atoms with Gasteiger partial charge < -0.3 is 19.9 Å². The third-order valence-electron chi connectivity index (χ3n) is 2.94. The van der Waals surface area contributed by atoms with Crippen LogP contribution in [0.5, 0.6) is 5.75 Å². The molecule has 1 amide bonds. The lowest BCUT2D eigenvalue weighted by atomic mass is 10.1. The molecule has 0 radical (unpaired) electrons. The summed E-state index contributed by atoms with van der Waals surface area (Å²) < 4.78 is 10.2. The number of aromatic carboxylic acids is 1. The van der Waals surface area contributed by atoms with Gasteiger partial charge in [0.1, 0.15) is 11.9 Å². The van der Waals surface area contributed by atoms with Crippen molar-refractivity contribution in [2.45, 2.75) is 18.9 Å². The third kappa shape index (κ3) is 3.03. The van der Waals surface area contributed by atoms with Gasteiger partial charge >= 0.3 is 5.97 Å². The zero-order valence-electron chi connectivity index (χ0n) is 10.5. The van der Waals surface area contributed by atoms with Gasteiger partial charge in [-0.15, -0.1) is 0 Å². The van der Waals surface area contributed by atoms with Crippen LogP contribution in [0.4, 0.5) is 5.69 Å². The molecule has 6 heteroatoms. The van der Waals surface area contributed by atoms with Crippen molar-refractivity contribution in [2.24, 2.45) is 0 Å². The molecule has 19 heavy (non-hydrogen) atoms. The van der Waals surface area contributed by atoms with Crippen molar-refractivity contribution in [3.63, 3.8) is 0 Å². The first kappa shape index (κ1) is 13.4. The van der Waals surface area contributed by atoms with Crippen LogP contribution in [0.2, 0.25) is 0 Å². The number of hydrogen-bond donors (Lipinski definition) is 2. The number of carbonyl (C=O) groups is 2. The van der Waals surface area contributed by atoms with E-state index in [0.29, 0.717) is 18.8 Å². The Kier molecular flexibility index (Phi) is 4.01. The van der Waals surface area contributed by atoms with Crippen LogP contribution in [0.15, 0.2) is 18.2 Å². The molecule has 2 N–H and O–H groups in total. The molecule has 0 aliphatic carbocycles. The van der Waals surface area contributed by atoms with Crippen LogP contribution >= 0.6 is 0 Å². The highest BCUT2D eigenvalue weighted by molar-refractivity contribution is 6.02. The van der Waals surface area contributed by atoms with E-state index in [9.17, 15) is 9.59 Å². The van der Waals surface area contributed by atoms with Crippen molar-refractivity contribution in [3.05, 3.63) is 23.8 Å². The van der Waals surface area contributed by atoms with Crippen molar-refractivity contribution in [2.75, 3.05) is 19.0 Å². The Balaban J connectivity index is 2.19. The number of amides is 1. The van der Waals surface area contributed by atoms with E-state index in [1.165, 1.54) is 19.2 Å². The SMILES string of the molecule is COc1ccc(NC(=O)[C@H]2CCCO2)c(C(=O)O)c1. The van der Waals surface area contributed by atoms with Crippen LogP contribution in [0.25, 0.3) is 0 Å². The van der Waals surface area contributed by atoms with Gasteiger partial charge in [-0.05, 0) is 31.0 Å². The first-order chi connectivity index (χ1) is 9.11. The summed E-state index contributed by atoms with van der Waals surface area (Å²) in [7, 11) is 1.45. The number of carbonyl (C=O) groups excluding carboxylic acids is 1. The van der Waals surface area contributed by atoms with Crippen LogP contribution in [0.3, 0.4) is 0 Å². The fourth-order valence-electron chi connectivity index (χ4n) is 1.93. The number of methoxy groups -OCH3 is 1. The summed E-state index contributed by atoms with van der Waals surface area (Å²) in [6.07, 6.45) is 1.00. The summed E-state index contributed by atoms with van der Waals surface area (Å²) in [5.74, 6) is -1.01. The molecule has 0 bridgehead atoms. The molecule has 1 fully saturated rings. The van der Waals surface area contributed by atoms with Gasteiger partial charge in [-0.3, -0.25) is 4.79 Å². The minimum atomic E-state index is -1.12. The quantitative estimate of drug-likeness (QED) is 0.862. The number of carboxylic acid groups (broad SMARTS) is 1. The highest BCUT2D eigenvalue weighted by Gasteiger charge is 2.24. The van der Waals surface area contributed by atoms with Gasteiger partial charge in [-0.25, -0.2) is 4.79 Å². The minimum absolute atomic E-state index is 0.00861. The van der Waals surface area contributed by atoms with Gasteiger partial charge in [0.15, 0.2) is 0 Å². The fraction of sp³-hybridized carbons (Fsp3) is 0.385. The second-order valence-corrected chi connectivity index (χ2v) is 4.21. The summed E-state index contributed by atoms with van der Waals surface area (Å²) >= 11 is 0. The molecule has 0 unspecified atom stereocenters. The molecule has 1 heterocycles. The van der Waals surface area contributed by atoms with Crippen molar-refractivity contribution in [3.8, 4) is 5.75 Å². The molecule has 0 saturated carbocycles.